The van der Waals surface area contributed by atoms with Crippen LogP contribution in [0.15, 0.2) is 18.2 Å². The number of benzene rings is 1. The van der Waals surface area contributed by atoms with Crippen LogP contribution in [0, 0.1) is 0 Å². The van der Waals surface area contributed by atoms with E-state index in [1.165, 1.54) is 0 Å². The quantitative estimate of drug-likeness (QED) is 0.813. The summed E-state index contributed by atoms with van der Waals surface area (Å²) in [5.74, 6) is 2.29. The monoisotopic (exact) mass is 248 g/mol. The van der Waals surface area contributed by atoms with Gasteiger partial charge >= 0.3 is 0 Å². The summed E-state index contributed by atoms with van der Waals surface area (Å²) in [6.45, 7) is 4.28. The molecule has 0 bridgehead atoms. The van der Waals surface area contributed by atoms with Gasteiger partial charge in [0.05, 0.1) is 14.2 Å². The van der Waals surface area contributed by atoms with E-state index in [0.717, 1.165) is 29.9 Å². The number of hydrogen-bond donors (Lipinski definition) is 0. The first-order valence-corrected chi connectivity index (χ1v) is 6.32. The van der Waals surface area contributed by atoms with Gasteiger partial charge in [-0.1, -0.05) is 19.9 Å². The van der Waals surface area contributed by atoms with Crippen LogP contribution in [0.2, 0.25) is 0 Å². The minimum absolute atomic E-state index is 0.188. The summed E-state index contributed by atoms with van der Waals surface area (Å²) in [4.78, 5) is 0. The number of methoxy groups -OCH3 is 2. The molecule has 1 aliphatic rings. The Hall–Kier alpha value is -1.64. The predicted molar refractivity (Wildman–Crippen MR) is 72.5 cm³/mol. The molecule has 2 rings (SSSR count). The van der Waals surface area contributed by atoms with Gasteiger partial charge in [0, 0.05) is 11.6 Å². The van der Waals surface area contributed by atoms with Crippen molar-refractivity contribution in [3.05, 3.63) is 23.8 Å². The van der Waals surface area contributed by atoms with Gasteiger partial charge in [0.2, 0.25) is 0 Å². The van der Waals surface area contributed by atoms with Gasteiger partial charge in [-0.25, -0.2) is 0 Å². The van der Waals surface area contributed by atoms with Crippen LogP contribution in [0.1, 0.15) is 32.3 Å². The summed E-state index contributed by atoms with van der Waals surface area (Å²) in [7, 11) is 3.27. The summed E-state index contributed by atoms with van der Waals surface area (Å²) < 4.78 is 16.7. The maximum Gasteiger partial charge on any atom is 0.164 e. The predicted octanol–water partition coefficient (Wildman–Crippen LogP) is 3.67. The van der Waals surface area contributed by atoms with Gasteiger partial charge < -0.3 is 14.2 Å². The SMILES string of the molecule is CCC1(CC)C=Cc2cc(OC)c(OC)cc2O1. The Labute approximate surface area is 108 Å². The molecule has 0 fully saturated rings. The molecule has 0 aromatic heterocycles. The van der Waals surface area contributed by atoms with E-state index in [9.17, 15) is 0 Å². The van der Waals surface area contributed by atoms with E-state index in [2.05, 4.69) is 26.0 Å². The van der Waals surface area contributed by atoms with Crippen LogP contribution in [0.3, 0.4) is 0 Å². The van der Waals surface area contributed by atoms with Gasteiger partial charge in [0.1, 0.15) is 11.4 Å². The highest BCUT2D eigenvalue weighted by Crippen LogP contribution is 2.41. The fraction of sp³-hybridized carbons (Fsp3) is 0.467. The van der Waals surface area contributed by atoms with Gasteiger partial charge in [0.25, 0.3) is 0 Å². The zero-order chi connectivity index (χ0) is 13.2. The molecular formula is C15H20O3. The Morgan fingerprint density at radius 2 is 1.67 bits per heavy atom. The van der Waals surface area contributed by atoms with Crippen molar-refractivity contribution in [2.24, 2.45) is 0 Å². The summed E-state index contributed by atoms with van der Waals surface area (Å²) >= 11 is 0. The van der Waals surface area contributed by atoms with Crippen LogP contribution in [-0.2, 0) is 0 Å². The molecule has 1 aromatic rings. The van der Waals surface area contributed by atoms with E-state index in [-0.39, 0.29) is 5.60 Å². The number of hydrogen-bond acceptors (Lipinski definition) is 3. The van der Waals surface area contributed by atoms with Crippen molar-refractivity contribution in [1.82, 2.24) is 0 Å². The average molecular weight is 248 g/mol. The second kappa shape index (κ2) is 4.92. The van der Waals surface area contributed by atoms with Crippen LogP contribution in [0.25, 0.3) is 6.08 Å². The molecule has 0 aliphatic carbocycles. The number of ether oxygens (including phenoxy) is 3. The van der Waals surface area contributed by atoms with Crippen LogP contribution in [0.4, 0.5) is 0 Å². The molecule has 0 radical (unpaired) electrons. The molecule has 0 unspecified atom stereocenters. The van der Waals surface area contributed by atoms with Gasteiger partial charge in [-0.2, -0.15) is 0 Å². The Balaban J connectivity index is 2.44. The molecule has 0 N–H and O–H groups in total. The van der Waals surface area contributed by atoms with Crippen molar-refractivity contribution >= 4 is 6.08 Å². The van der Waals surface area contributed by atoms with Crippen molar-refractivity contribution in [1.29, 1.82) is 0 Å². The molecule has 0 saturated carbocycles. The van der Waals surface area contributed by atoms with Gasteiger partial charge in [-0.3, -0.25) is 0 Å². The summed E-state index contributed by atoms with van der Waals surface area (Å²) in [5.41, 5.74) is 0.845. The lowest BCUT2D eigenvalue weighted by Gasteiger charge is -2.33. The third-order valence-electron chi connectivity index (χ3n) is 3.59. The summed E-state index contributed by atoms with van der Waals surface area (Å²) in [5, 5.41) is 0. The highest BCUT2D eigenvalue weighted by molar-refractivity contribution is 5.66. The van der Waals surface area contributed by atoms with Crippen molar-refractivity contribution < 1.29 is 14.2 Å². The Bertz CT molecular complexity index is 459. The minimum atomic E-state index is -0.188. The first-order valence-electron chi connectivity index (χ1n) is 6.32. The first kappa shape index (κ1) is 12.8. The topological polar surface area (TPSA) is 27.7 Å². The Morgan fingerprint density at radius 1 is 1.06 bits per heavy atom. The zero-order valence-corrected chi connectivity index (χ0v) is 11.4. The highest BCUT2D eigenvalue weighted by atomic mass is 16.5. The third-order valence-corrected chi connectivity index (χ3v) is 3.59. The van der Waals surface area contributed by atoms with E-state index in [1.807, 2.05) is 12.1 Å². The summed E-state index contributed by atoms with van der Waals surface area (Å²) in [6, 6.07) is 3.84. The van der Waals surface area contributed by atoms with Gasteiger partial charge in [0.15, 0.2) is 11.5 Å². The molecule has 1 heterocycles. The lowest BCUT2D eigenvalue weighted by Crippen LogP contribution is -2.33. The van der Waals surface area contributed by atoms with E-state index >= 15 is 0 Å². The molecule has 3 nitrogen and oxygen atoms in total. The van der Waals surface area contributed by atoms with Crippen molar-refractivity contribution in [2.45, 2.75) is 32.3 Å². The van der Waals surface area contributed by atoms with E-state index < -0.39 is 0 Å². The molecule has 1 aromatic carbocycles. The van der Waals surface area contributed by atoms with Crippen LogP contribution in [0.5, 0.6) is 17.2 Å². The highest BCUT2D eigenvalue weighted by Gasteiger charge is 2.29. The van der Waals surface area contributed by atoms with Crippen LogP contribution < -0.4 is 14.2 Å². The largest absolute Gasteiger partial charge is 0.493 e. The number of fused-ring (bicyclic) bond motifs is 1. The maximum atomic E-state index is 6.14. The Morgan fingerprint density at radius 3 is 2.22 bits per heavy atom. The normalized spacial score (nSPS) is 15.8. The molecule has 18 heavy (non-hydrogen) atoms. The lowest BCUT2D eigenvalue weighted by molar-refractivity contribution is 0.108. The van der Waals surface area contributed by atoms with Crippen LogP contribution in [-0.4, -0.2) is 19.8 Å². The fourth-order valence-corrected chi connectivity index (χ4v) is 2.22. The first-order chi connectivity index (χ1) is 8.68. The molecule has 3 heteroatoms. The molecule has 0 saturated heterocycles. The molecule has 0 atom stereocenters. The minimum Gasteiger partial charge on any atom is -0.493 e. The third kappa shape index (κ3) is 2.05. The Kier molecular flexibility index (Phi) is 3.50. The van der Waals surface area contributed by atoms with E-state index in [0.29, 0.717) is 5.75 Å². The second-order valence-corrected chi connectivity index (χ2v) is 4.45. The molecular weight excluding hydrogens is 228 g/mol. The zero-order valence-electron chi connectivity index (χ0n) is 11.4. The van der Waals surface area contributed by atoms with Gasteiger partial charge in [-0.15, -0.1) is 0 Å². The van der Waals surface area contributed by atoms with Gasteiger partial charge in [-0.05, 0) is 25.0 Å². The second-order valence-electron chi connectivity index (χ2n) is 4.45. The molecule has 0 amide bonds. The molecule has 1 aliphatic heterocycles. The summed E-state index contributed by atoms with van der Waals surface area (Å²) in [6.07, 6.45) is 6.15. The van der Waals surface area contributed by atoms with E-state index in [1.54, 1.807) is 14.2 Å². The molecule has 0 spiro atoms. The fourth-order valence-electron chi connectivity index (χ4n) is 2.22. The lowest BCUT2D eigenvalue weighted by atomic mass is 9.93. The smallest absolute Gasteiger partial charge is 0.164 e. The molecule has 98 valence electrons. The standard InChI is InChI=1S/C15H20O3/c1-5-15(6-2)8-7-11-9-13(16-3)14(17-4)10-12(11)18-15/h7-10H,5-6H2,1-4H3. The maximum absolute atomic E-state index is 6.14. The van der Waals surface area contributed by atoms with Crippen molar-refractivity contribution in [2.75, 3.05) is 14.2 Å². The average Bonchev–Trinajstić information content (AvgIpc) is 2.45. The number of rotatable bonds is 4. The van der Waals surface area contributed by atoms with Crippen LogP contribution >= 0.6 is 0 Å². The van der Waals surface area contributed by atoms with Crippen molar-refractivity contribution in [3.8, 4) is 17.2 Å². The van der Waals surface area contributed by atoms with E-state index in [4.69, 9.17) is 14.2 Å². The van der Waals surface area contributed by atoms with Crippen molar-refractivity contribution in [3.63, 3.8) is 0 Å².